The molecule has 8 nitrogen and oxygen atoms in total. The predicted octanol–water partition coefficient (Wildman–Crippen LogP) is 3.28. The maximum absolute atomic E-state index is 12.2. The van der Waals surface area contributed by atoms with Crippen LogP contribution in [0.25, 0.3) is 0 Å². The smallest absolute Gasteiger partial charge is 0.341 e. The van der Waals surface area contributed by atoms with E-state index in [0.717, 1.165) is 16.5 Å². The van der Waals surface area contributed by atoms with Crippen LogP contribution in [0.5, 0.6) is 11.5 Å². The second-order valence-electron chi connectivity index (χ2n) is 5.26. The Balaban J connectivity index is 2.51. The summed E-state index contributed by atoms with van der Waals surface area (Å²) >= 11 is 1.27. The van der Waals surface area contributed by atoms with Crippen LogP contribution < -0.4 is 9.84 Å². The monoisotopic (exact) mass is 377 g/mol. The SMILES string of the molecule is CCOC(=O)c1c(N=Cc2cc(OC)cc([N+](=O)[O-])c2[O-])sc(C)c1C. The number of hydrogen-bond donors (Lipinski definition) is 0. The summed E-state index contributed by atoms with van der Waals surface area (Å²) in [5.41, 5.74) is 0.472. The molecule has 0 spiro atoms. The van der Waals surface area contributed by atoms with Crippen molar-refractivity contribution in [3.63, 3.8) is 0 Å². The molecule has 0 aliphatic rings. The lowest BCUT2D eigenvalue weighted by atomic mass is 10.1. The van der Waals surface area contributed by atoms with Crippen LogP contribution in [0, 0.1) is 24.0 Å². The number of methoxy groups -OCH3 is 1. The van der Waals surface area contributed by atoms with E-state index in [-0.39, 0.29) is 17.9 Å². The highest BCUT2D eigenvalue weighted by molar-refractivity contribution is 7.16. The van der Waals surface area contributed by atoms with Crippen molar-refractivity contribution in [2.45, 2.75) is 20.8 Å². The van der Waals surface area contributed by atoms with Gasteiger partial charge >= 0.3 is 5.97 Å². The molecule has 0 N–H and O–H groups in total. The van der Waals surface area contributed by atoms with Crippen molar-refractivity contribution >= 4 is 34.2 Å². The van der Waals surface area contributed by atoms with E-state index in [1.54, 1.807) is 13.8 Å². The second kappa shape index (κ2) is 7.96. The van der Waals surface area contributed by atoms with Crippen LogP contribution in [0.2, 0.25) is 0 Å². The van der Waals surface area contributed by atoms with E-state index in [4.69, 9.17) is 9.47 Å². The second-order valence-corrected chi connectivity index (χ2v) is 6.47. The van der Waals surface area contributed by atoms with Gasteiger partial charge in [-0.15, -0.1) is 11.3 Å². The summed E-state index contributed by atoms with van der Waals surface area (Å²) in [6, 6.07) is 2.42. The fourth-order valence-electron chi connectivity index (χ4n) is 2.23. The number of hydrogen-bond acceptors (Lipinski definition) is 8. The summed E-state index contributed by atoms with van der Waals surface area (Å²) in [4.78, 5) is 27.5. The fourth-order valence-corrected chi connectivity index (χ4v) is 3.22. The molecule has 0 unspecified atom stereocenters. The standard InChI is InChI=1S/C17H18N2O6S/c1-5-25-17(21)14-9(2)10(3)26-16(14)18-8-11-6-12(24-4)7-13(15(11)20)19(22)23/h6-8,20H,5H2,1-4H3/p-1. The molecule has 0 atom stereocenters. The van der Waals surface area contributed by atoms with Gasteiger partial charge in [0.25, 0.3) is 5.69 Å². The molecule has 0 amide bonds. The van der Waals surface area contributed by atoms with Crippen molar-refractivity contribution in [3.8, 4) is 11.5 Å². The van der Waals surface area contributed by atoms with Crippen molar-refractivity contribution in [3.05, 3.63) is 43.8 Å². The third-order valence-corrected chi connectivity index (χ3v) is 4.79. The van der Waals surface area contributed by atoms with Gasteiger partial charge in [0.15, 0.2) is 0 Å². The molecule has 0 bridgehead atoms. The van der Waals surface area contributed by atoms with Gasteiger partial charge in [0, 0.05) is 11.1 Å². The van der Waals surface area contributed by atoms with Gasteiger partial charge in [-0.2, -0.15) is 0 Å². The maximum Gasteiger partial charge on any atom is 0.341 e. The number of benzene rings is 1. The Morgan fingerprint density at radius 3 is 2.65 bits per heavy atom. The van der Waals surface area contributed by atoms with Crippen molar-refractivity contribution in [2.24, 2.45) is 4.99 Å². The van der Waals surface area contributed by atoms with Crippen LogP contribution >= 0.6 is 11.3 Å². The van der Waals surface area contributed by atoms with Crippen LogP contribution in [0.3, 0.4) is 0 Å². The topological polar surface area (TPSA) is 114 Å². The summed E-state index contributed by atoms with van der Waals surface area (Å²) in [5, 5.41) is 23.6. The van der Waals surface area contributed by atoms with Gasteiger partial charge in [-0.05, 0) is 43.7 Å². The van der Waals surface area contributed by atoms with Gasteiger partial charge in [-0.1, -0.05) is 0 Å². The third kappa shape index (κ3) is 3.83. The van der Waals surface area contributed by atoms with Gasteiger partial charge in [-0.25, -0.2) is 9.79 Å². The van der Waals surface area contributed by atoms with Crippen LogP contribution in [0.1, 0.15) is 33.3 Å². The number of nitro benzene ring substituents is 1. The average molecular weight is 377 g/mol. The Kier molecular flexibility index (Phi) is 5.93. The van der Waals surface area contributed by atoms with Crippen molar-refractivity contribution in [1.82, 2.24) is 0 Å². The van der Waals surface area contributed by atoms with Crippen molar-refractivity contribution in [2.75, 3.05) is 13.7 Å². The number of aliphatic imine (C=N–C) groups is 1. The Morgan fingerprint density at radius 2 is 2.08 bits per heavy atom. The molecule has 1 aromatic carbocycles. The first kappa shape index (κ1) is 19.4. The normalized spacial score (nSPS) is 10.9. The first-order chi connectivity index (χ1) is 12.3. The quantitative estimate of drug-likeness (QED) is 0.330. The number of nitro groups is 1. The first-order valence-corrected chi connectivity index (χ1v) is 8.46. The summed E-state index contributed by atoms with van der Waals surface area (Å²) in [6.45, 7) is 5.56. The molecule has 26 heavy (non-hydrogen) atoms. The Morgan fingerprint density at radius 1 is 1.38 bits per heavy atom. The summed E-state index contributed by atoms with van der Waals surface area (Å²) < 4.78 is 10.0. The van der Waals surface area contributed by atoms with Gasteiger partial charge in [0.05, 0.1) is 30.3 Å². The molecule has 2 rings (SSSR count). The zero-order valence-corrected chi connectivity index (χ0v) is 15.5. The van der Waals surface area contributed by atoms with E-state index in [9.17, 15) is 20.0 Å². The molecule has 0 saturated heterocycles. The van der Waals surface area contributed by atoms with E-state index in [0.29, 0.717) is 10.6 Å². The minimum atomic E-state index is -0.776. The van der Waals surface area contributed by atoms with Crippen LogP contribution in [-0.2, 0) is 4.74 Å². The number of carbonyl (C=O) groups excluding carboxylic acids is 1. The van der Waals surface area contributed by atoms with Gasteiger partial charge < -0.3 is 14.6 Å². The maximum atomic E-state index is 12.2. The van der Waals surface area contributed by atoms with Crippen LogP contribution in [0.15, 0.2) is 17.1 Å². The number of esters is 1. The zero-order valence-electron chi connectivity index (χ0n) is 14.7. The molecule has 138 valence electrons. The number of carbonyl (C=O) groups is 1. The molecule has 2 aromatic rings. The molecule has 0 aliphatic heterocycles. The van der Waals surface area contributed by atoms with Gasteiger partial charge in [0.1, 0.15) is 10.8 Å². The molecular weight excluding hydrogens is 360 g/mol. The Labute approximate surface area is 153 Å². The predicted molar refractivity (Wildman–Crippen MR) is 96.1 cm³/mol. The Bertz CT molecular complexity index is 888. The number of nitrogens with zero attached hydrogens (tertiary/aromatic N) is 2. The van der Waals surface area contributed by atoms with Crippen LogP contribution in [0.4, 0.5) is 10.7 Å². The van der Waals surface area contributed by atoms with Crippen molar-refractivity contribution in [1.29, 1.82) is 0 Å². The highest BCUT2D eigenvalue weighted by Gasteiger charge is 2.20. The number of ether oxygens (including phenoxy) is 2. The summed E-state index contributed by atoms with van der Waals surface area (Å²) in [7, 11) is 1.34. The largest absolute Gasteiger partial charge is 0.867 e. The average Bonchev–Trinajstić information content (AvgIpc) is 2.88. The lowest BCUT2D eigenvalue weighted by molar-refractivity contribution is -0.398. The van der Waals surface area contributed by atoms with E-state index in [2.05, 4.69) is 4.99 Å². The number of aryl methyl sites for hydroxylation is 1. The highest BCUT2D eigenvalue weighted by atomic mass is 32.1. The number of rotatable bonds is 6. The highest BCUT2D eigenvalue weighted by Crippen LogP contribution is 2.36. The third-order valence-electron chi connectivity index (χ3n) is 3.67. The summed E-state index contributed by atoms with van der Waals surface area (Å²) in [5.74, 6) is -1.11. The zero-order chi connectivity index (χ0) is 19.4. The lowest BCUT2D eigenvalue weighted by Crippen LogP contribution is -2.05. The minimum Gasteiger partial charge on any atom is -0.867 e. The van der Waals surface area contributed by atoms with E-state index in [1.165, 1.54) is 30.7 Å². The van der Waals surface area contributed by atoms with E-state index < -0.39 is 22.3 Å². The molecular formula is C17H17N2O6S-. The fraction of sp³-hybridized carbons (Fsp3) is 0.294. The van der Waals surface area contributed by atoms with Gasteiger partial charge in [-0.3, -0.25) is 10.1 Å². The summed E-state index contributed by atoms with van der Waals surface area (Å²) in [6.07, 6.45) is 1.20. The molecule has 0 aliphatic carbocycles. The molecule has 0 fully saturated rings. The lowest BCUT2D eigenvalue weighted by Gasteiger charge is -2.12. The van der Waals surface area contributed by atoms with Gasteiger partial charge in [0.2, 0.25) is 0 Å². The first-order valence-electron chi connectivity index (χ1n) is 7.64. The molecule has 0 radical (unpaired) electrons. The molecule has 0 saturated carbocycles. The number of thiophene rings is 1. The minimum absolute atomic E-state index is 0.00503. The molecule has 1 heterocycles. The Hall–Kier alpha value is -2.94. The van der Waals surface area contributed by atoms with E-state index in [1.807, 2.05) is 6.92 Å². The van der Waals surface area contributed by atoms with E-state index >= 15 is 0 Å². The van der Waals surface area contributed by atoms with Crippen LogP contribution in [-0.4, -0.2) is 30.8 Å². The van der Waals surface area contributed by atoms with Crippen molar-refractivity contribution < 1.29 is 24.3 Å². The molecule has 1 aromatic heterocycles. The molecule has 9 heteroatoms.